The van der Waals surface area contributed by atoms with Crippen molar-refractivity contribution in [2.45, 2.75) is 18.5 Å². The average molecular weight is 387 g/mol. The third-order valence-electron chi connectivity index (χ3n) is 4.73. The SMILES string of the molecule is COc1cccc(-n2cnc3c2C(c2cccc(C(F)(F)F)c2)CC(=O)N3)c1. The van der Waals surface area contributed by atoms with Gasteiger partial charge in [0.25, 0.3) is 0 Å². The molecule has 0 radical (unpaired) electrons. The van der Waals surface area contributed by atoms with Crippen molar-refractivity contribution in [1.82, 2.24) is 9.55 Å². The Labute approximate surface area is 158 Å². The lowest BCUT2D eigenvalue weighted by Crippen LogP contribution is -2.25. The zero-order valence-electron chi connectivity index (χ0n) is 14.8. The van der Waals surface area contributed by atoms with Crippen molar-refractivity contribution < 1.29 is 22.7 Å². The predicted octanol–water partition coefficient (Wildman–Crippen LogP) is 4.37. The largest absolute Gasteiger partial charge is 0.497 e. The molecule has 1 aliphatic heterocycles. The molecule has 1 amide bonds. The van der Waals surface area contributed by atoms with Crippen LogP contribution >= 0.6 is 0 Å². The third-order valence-corrected chi connectivity index (χ3v) is 4.73. The van der Waals surface area contributed by atoms with Crippen LogP contribution in [0.4, 0.5) is 19.0 Å². The molecule has 2 heterocycles. The average Bonchev–Trinajstić information content (AvgIpc) is 3.10. The van der Waals surface area contributed by atoms with E-state index < -0.39 is 17.7 Å². The Morgan fingerprint density at radius 3 is 2.71 bits per heavy atom. The number of aromatic nitrogens is 2. The number of benzene rings is 2. The van der Waals surface area contributed by atoms with Crippen LogP contribution in [0, 0.1) is 0 Å². The lowest BCUT2D eigenvalue weighted by atomic mass is 9.88. The maximum Gasteiger partial charge on any atom is 0.416 e. The molecule has 1 atom stereocenters. The summed E-state index contributed by atoms with van der Waals surface area (Å²) in [4.78, 5) is 16.4. The Bertz CT molecular complexity index is 1040. The maximum atomic E-state index is 13.2. The van der Waals surface area contributed by atoms with Gasteiger partial charge in [-0.1, -0.05) is 24.3 Å². The summed E-state index contributed by atoms with van der Waals surface area (Å²) in [7, 11) is 1.55. The van der Waals surface area contributed by atoms with E-state index in [-0.39, 0.29) is 12.3 Å². The number of fused-ring (bicyclic) bond motifs is 1. The molecule has 2 aromatic carbocycles. The number of nitrogens with zero attached hydrogens (tertiary/aromatic N) is 2. The fourth-order valence-electron chi connectivity index (χ4n) is 3.43. The van der Waals surface area contributed by atoms with Gasteiger partial charge in [0, 0.05) is 18.4 Å². The lowest BCUT2D eigenvalue weighted by molar-refractivity contribution is -0.137. The molecule has 0 bridgehead atoms. The van der Waals surface area contributed by atoms with E-state index in [9.17, 15) is 18.0 Å². The van der Waals surface area contributed by atoms with Crippen LogP contribution in [0.3, 0.4) is 0 Å². The first-order chi connectivity index (χ1) is 13.4. The predicted molar refractivity (Wildman–Crippen MR) is 96.6 cm³/mol. The number of hydrogen-bond donors (Lipinski definition) is 1. The molecule has 0 saturated heterocycles. The van der Waals surface area contributed by atoms with Gasteiger partial charge in [-0.3, -0.25) is 4.79 Å². The fraction of sp³-hybridized carbons (Fsp3) is 0.200. The molecule has 1 aromatic heterocycles. The van der Waals surface area contributed by atoms with Gasteiger partial charge in [0.15, 0.2) is 5.82 Å². The van der Waals surface area contributed by atoms with Crippen molar-refractivity contribution in [2.24, 2.45) is 0 Å². The van der Waals surface area contributed by atoms with E-state index in [4.69, 9.17) is 4.74 Å². The number of anilines is 1. The Morgan fingerprint density at radius 1 is 1.18 bits per heavy atom. The lowest BCUT2D eigenvalue weighted by Gasteiger charge is -2.25. The molecule has 8 heteroatoms. The molecule has 0 saturated carbocycles. The highest BCUT2D eigenvalue weighted by Crippen LogP contribution is 2.40. The van der Waals surface area contributed by atoms with E-state index in [1.807, 2.05) is 6.07 Å². The molecule has 1 N–H and O–H groups in total. The van der Waals surface area contributed by atoms with Crippen LogP contribution in [0.15, 0.2) is 54.9 Å². The van der Waals surface area contributed by atoms with Crippen molar-refractivity contribution in [1.29, 1.82) is 0 Å². The number of amides is 1. The van der Waals surface area contributed by atoms with Crippen molar-refractivity contribution in [3.63, 3.8) is 0 Å². The highest BCUT2D eigenvalue weighted by atomic mass is 19.4. The molecule has 1 aliphatic rings. The van der Waals surface area contributed by atoms with Gasteiger partial charge in [0.1, 0.15) is 12.1 Å². The van der Waals surface area contributed by atoms with Crippen LogP contribution in [-0.4, -0.2) is 22.6 Å². The quantitative estimate of drug-likeness (QED) is 0.726. The summed E-state index contributed by atoms with van der Waals surface area (Å²) in [6.07, 6.45) is -2.88. The number of halogens is 3. The summed E-state index contributed by atoms with van der Waals surface area (Å²) in [6.45, 7) is 0. The summed E-state index contributed by atoms with van der Waals surface area (Å²) < 4.78 is 46.5. The molecule has 0 spiro atoms. The van der Waals surface area contributed by atoms with Crippen molar-refractivity contribution in [3.8, 4) is 11.4 Å². The number of carbonyl (C=O) groups excluding carboxylic acids is 1. The minimum atomic E-state index is -4.46. The second kappa shape index (κ2) is 6.70. The van der Waals surface area contributed by atoms with Gasteiger partial charge in [-0.15, -0.1) is 0 Å². The van der Waals surface area contributed by atoms with Crippen molar-refractivity contribution >= 4 is 11.7 Å². The Hall–Kier alpha value is -3.29. The molecule has 1 unspecified atom stereocenters. The molecule has 3 aromatic rings. The standard InChI is InChI=1S/C20H16F3N3O2/c1-28-15-7-3-6-14(9-15)26-11-24-19-18(26)16(10-17(27)25-19)12-4-2-5-13(8-12)20(21,22)23/h2-9,11,16H,10H2,1H3,(H,25,27). The molecule has 144 valence electrons. The van der Waals surface area contributed by atoms with Crippen molar-refractivity contribution in [3.05, 3.63) is 71.7 Å². The minimum Gasteiger partial charge on any atom is -0.497 e. The van der Waals surface area contributed by atoms with E-state index in [1.165, 1.54) is 6.07 Å². The van der Waals surface area contributed by atoms with E-state index in [0.717, 1.165) is 17.8 Å². The maximum absolute atomic E-state index is 13.2. The van der Waals surface area contributed by atoms with Crippen LogP contribution in [0.1, 0.15) is 29.2 Å². The first kappa shape index (κ1) is 18.1. The molecule has 0 fully saturated rings. The van der Waals surface area contributed by atoms with Crippen LogP contribution in [0.25, 0.3) is 5.69 Å². The van der Waals surface area contributed by atoms with Gasteiger partial charge in [-0.2, -0.15) is 13.2 Å². The number of rotatable bonds is 3. The zero-order chi connectivity index (χ0) is 19.9. The number of nitrogens with one attached hydrogen (secondary N) is 1. The van der Waals surface area contributed by atoms with Gasteiger partial charge in [-0.25, -0.2) is 4.98 Å². The van der Waals surface area contributed by atoms with Crippen LogP contribution in [0.5, 0.6) is 5.75 Å². The monoisotopic (exact) mass is 387 g/mol. The van der Waals surface area contributed by atoms with Gasteiger partial charge >= 0.3 is 6.18 Å². The molecule has 0 aliphatic carbocycles. The molecule has 5 nitrogen and oxygen atoms in total. The van der Waals surface area contributed by atoms with E-state index in [2.05, 4.69) is 10.3 Å². The number of hydrogen-bond acceptors (Lipinski definition) is 3. The summed E-state index contributed by atoms with van der Waals surface area (Å²) in [6, 6.07) is 12.3. The number of carbonyl (C=O) groups is 1. The first-order valence-corrected chi connectivity index (χ1v) is 8.55. The normalized spacial score (nSPS) is 16.4. The van der Waals surface area contributed by atoms with Gasteiger partial charge in [0.05, 0.1) is 24.1 Å². The van der Waals surface area contributed by atoms with E-state index >= 15 is 0 Å². The highest BCUT2D eigenvalue weighted by Gasteiger charge is 2.34. The first-order valence-electron chi connectivity index (χ1n) is 8.55. The third kappa shape index (κ3) is 3.21. The Kier molecular flexibility index (Phi) is 4.33. The number of imidazole rings is 1. The van der Waals surface area contributed by atoms with Gasteiger partial charge in [0.2, 0.25) is 5.91 Å². The zero-order valence-corrected chi connectivity index (χ0v) is 14.8. The summed E-state index contributed by atoms with van der Waals surface area (Å²) in [5.41, 5.74) is 1.04. The summed E-state index contributed by atoms with van der Waals surface area (Å²) in [5.74, 6) is 0.141. The van der Waals surface area contributed by atoms with E-state index in [0.29, 0.717) is 22.8 Å². The highest BCUT2D eigenvalue weighted by molar-refractivity contribution is 5.94. The summed E-state index contributed by atoms with van der Waals surface area (Å²) >= 11 is 0. The van der Waals surface area contributed by atoms with Crippen molar-refractivity contribution in [2.75, 3.05) is 12.4 Å². The Morgan fingerprint density at radius 2 is 1.96 bits per heavy atom. The topological polar surface area (TPSA) is 56.2 Å². The number of alkyl halides is 3. The molecule has 28 heavy (non-hydrogen) atoms. The smallest absolute Gasteiger partial charge is 0.416 e. The van der Waals surface area contributed by atoms with Crippen LogP contribution in [-0.2, 0) is 11.0 Å². The number of ether oxygens (including phenoxy) is 1. The van der Waals surface area contributed by atoms with E-state index in [1.54, 1.807) is 42.3 Å². The summed E-state index contributed by atoms with van der Waals surface area (Å²) in [5, 5.41) is 2.70. The molecule has 4 rings (SSSR count). The van der Waals surface area contributed by atoms with Crippen LogP contribution < -0.4 is 10.1 Å². The Balaban J connectivity index is 1.85. The second-order valence-corrected chi connectivity index (χ2v) is 6.48. The minimum absolute atomic E-state index is 0.0317. The second-order valence-electron chi connectivity index (χ2n) is 6.48. The van der Waals surface area contributed by atoms with Gasteiger partial charge < -0.3 is 14.6 Å². The molecular weight excluding hydrogens is 371 g/mol. The fourth-order valence-corrected chi connectivity index (χ4v) is 3.43. The van der Waals surface area contributed by atoms with Gasteiger partial charge in [-0.05, 0) is 23.8 Å². The van der Waals surface area contributed by atoms with Crippen LogP contribution in [0.2, 0.25) is 0 Å². The number of methoxy groups -OCH3 is 1. The molecular formula is C20H16F3N3O2.